The molecule has 0 atom stereocenters. The first kappa shape index (κ1) is 19.8. The molecule has 1 saturated heterocycles. The van der Waals surface area contributed by atoms with Crippen molar-refractivity contribution < 1.29 is 13.9 Å². The molecule has 1 fully saturated rings. The van der Waals surface area contributed by atoms with Crippen molar-refractivity contribution in [3.8, 4) is 0 Å². The fourth-order valence-electron chi connectivity index (χ4n) is 4.03. The number of ether oxygens (including phenoxy) is 1. The molecule has 5 heterocycles. The van der Waals surface area contributed by atoms with E-state index in [-0.39, 0.29) is 16.8 Å². The number of fused-ring (bicyclic) bond motifs is 5. The lowest BCUT2D eigenvalue weighted by Crippen LogP contribution is -2.37. The van der Waals surface area contributed by atoms with Gasteiger partial charge in [0.25, 0.3) is 5.91 Å². The van der Waals surface area contributed by atoms with Crippen molar-refractivity contribution in [1.82, 2.24) is 24.3 Å². The van der Waals surface area contributed by atoms with Crippen LogP contribution in [-0.4, -0.2) is 56.5 Å². The fraction of sp³-hybridized carbons (Fsp3) is 0.190. The lowest BCUT2D eigenvalue weighted by atomic mass is 10.1. The summed E-state index contributed by atoms with van der Waals surface area (Å²) in [5, 5.41) is 7.32. The van der Waals surface area contributed by atoms with Crippen LogP contribution in [0.15, 0.2) is 47.8 Å². The van der Waals surface area contributed by atoms with E-state index >= 15 is 4.39 Å². The zero-order valence-corrected chi connectivity index (χ0v) is 17.9. The van der Waals surface area contributed by atoms with E-state index in [1.165, 1.54) is 34.7 Å². The number of pyridine rings is 2. The van der Waals surface area contributed by atoms with Crippen LogP contribution in [0.4, 0.5) is 10.2 Å². The number of anilines is 1. The largest absolute Gasteiger partial charge is 0.378 e. The van der Waals surface area contributed by atoms with Gasteiger partial charge < -0.3 is 9.64 Å². The average molecular weight is 465 g/mol. The molecule has 1 amide bonds. The lowest BCUT2D eigenvalue weighted by molar-refractivity contribution is 0.101. The highest BCUT2D eigenvalue weighted by molar-refractivity contribution is 7.24. The molecule has 5 aromatic rings. The van der Waals surface area contributed by atoms with Crippen LogP contribution in [0.1, 0.15) is 10.4 Å². The molecule has 1 aromatic carbocycles. The number of amides is 1. The van der Waals surface area contributed by atoms with Crippen LogP contribution in [0.5, 0.6) is 0 Å². The molecule has 0 radical (unpaired) electrons. The number of nitrogens with zero attached hydrogens (tertiary/aromatic N) is 6. The standard InChI is InChI=1S/C21H16FN7O3S/c22-13-9-12-17(30)16(20(31)26-28-10-23-24-11-28)21-29(14-3-1-2-4-15(14)33-21)18(12)25-19(13)27-5-7-32-8-6-27/h1-4,9-11H,5-8H2,(H,26,31). The third-order valence-corrected chi connectivity index (χ3v) is 6.68. The quantitative estimate of drug-likeness (QED) is 0.434. The number of morpholine rings is 1. The van der Waals surface area contributed by atoms with Gasteiger partial charge in [-0.15, -0.1) is 21.5 Å². The summed E-state index contributed by atoms with van der Waals surface area (Å²) in [6, 6.07) is 8.69. The van der Waals surface area contributed by atoms with Gasteiger partial charge in [-0.05, 0) is 18.2 Å². The molecule has 1 N–H and O–H groups in total. The minimum Gasteiger partial charge on any atom is -0.378 e. The highest BCUT2D eigenvalue weighted by atomic mass is 32.1. The number of thiazole rings is 1. The Morgan fingerprint density at radius 2 is 1.91 bits per heavy atom. The summed E-state index contributed by atoms with van der Waals surface area (Å²) in [4.78, 5) is 33.4. The Kier molecular flexibility index (Phi) is 4.55. The Bertz CT molecular complexity index is 1590. The lowest BCUT2D eigenvalue weighted by Gasteiger charge is -2.28. The zero-order valence-electron chi connectivity index (χ0n) is 17.1. The topological polar surface area (TPSA) is 107 Å². The van der Waals surface area contributed by atoms with Crippen molar-refractivity contribution in [2.24, 2.45) is 0 Å². The number of carbonyl (C=O) groups excluding carboxylic acids is 1. The van der Waals surface area contributed by atoms with Crippen molar-refractivity contribution in [2.45, 2.75) is 0 Å². The van der Waals surface area contributed by atoms with Crippen LogP contribution >= 0.6 is 11.3 Å². The van der Waals surface area contributed by atoms with Gasteiger partial charge in [0.1, 0.15) is 23.0 Å². The highest BCUT2D eigenvalue weighted by Crippen LogP contribution is 2.32. The molecule has 0 unspecified atom stereocenters. The molecule has 10 nitrogen and oxygen atoms in total. The fourth-order valence-corrected chi connectivity index (χ4v) is 5.21. The van der Waals surface area contributed by atoms with Gasteiger partial charge in [0, 0.05) is 13.1 Å². The molecule has 0 bridgehead atoms. The molecule has 0 aliphatic carbocycles. The molecule has 1 aliphatic heterocycles. The highest BCUT2D eigenvalue weighted by Gasteiger charge is 2.25. The summed E-state index contributed by atoms with van der Waals surface area (Å²) in [5.74, 6) is -1.11. The van der Waals surface area contributed by atoms with Gasteiger partial charge in [0.05, 0.1) is 28.8 Å². The number of aromatic nitrogens is 5. The van der Waals surface area contributed by atoms with E-state index in [1.54, 1.807) is 9.30 Å². The SMILES string of the molecule is O=C(Nn1cnnc1)c1c(=O)c2cc(F)c(N3CCOCC3)nc2n2c1sc1ccccc12. The number of para-hydroxylation sites is 1. The van der Waals surface area contributed by atoms with Crippen LogP contribution in [0.3, 0.4) is 0 Å². The van der Waals surface area contributed by atoms with Gasteiger partial charge in [0.15, 0.2) is 17.3 Å². The Morgan fingerprint density at radius 3 is 2.70 bits per heavy atom. The van der Waals surface area contributed by atoms with E-state index in [1.807, 2.05) is 24.3 Å². The minimum absolute atomic E-state index is 0.0273. The van der Waals surface area contributed by atoms with Crippen molar-refractivity contribution in [3.63, 3.8) is 0 Å². The Balaban J connectivity index is 1.67. The number of carbonyl (C=O) groups is 1. The Labute approximate surface area is 188 Å². The van der Waals surface area contributed by atoms with Crippen molar-refractivity contribution in [1.29, 1.82) is 0 Å². The summed E-state index contributed by atoms with van der Waals surface area (Å²) in [7, 11) is 0. The average Bonchev–Trinajstić information content (AvgIpc) is 3.47. The number of benzene rings is 1. The van der Waals surface area contributed by atoms with Gasteiger partial charge in [-0.1, -0.05) is 12.1 Å². The predicted molar refractivity (Wildman–Crippen MR) is 121 cm³/mol. The van der Waals surface area contributed by atoms with E-state index < -0.39 is 17.2 Å². The number of hydrogen-bond donors (Lipinski definition) is 1. The molecule has 0 spiro atoms. The van der Waals surface area contributed by atoms with Crippen LogP contribution in [0, 0.1) is 5.82 Å². The van der Waals surface area contributed by atoms with Crippen molar-refractivity contribution in [3.05, 3.63) is 64.6 Å². The van der Waals surface area contributed by atoms with Crippen molar-refractivity contribution in [2.75, 3.05) is 36.6 Å². The summed E-state index contributed by atoms with van der Waals surface area (Å²) in [5.41, 5.74) is 2.95. The van der Waals surface area contributed by atoms with E-state index in [9.17, 15) is 9.59 Å². The maximum atomic E-state index is 15.2. The first-order valence-electron chi connectivity index (χ1n) is 10.2. The molecule has 0 saturated carbocycles. The smallest absolute Gasteiger partial charge is 0.277 e. The van der Waals surface area contributed by atoms with Gasteiger partial charge in [-0.2, -0.15) is 0 Å². The monoisotopic (exact) mass is 465 g/mol. The van der Waals surface area contributed by atoms with Crippen LogP contribution in [0.2, 0.25) is 0 Å². The third-order valence-electron chi connectivity index (χ3n) is 5.54. The number of nitrogens with one attached hydrogen (secondary N) is 1. The van der Waals surface area contributed by atoms with Gasteiger partial charge in [-0.3, -0.25) is 19.4 Å². The Morgan fingerprint density at radius 1 is 1.15 bits per heavy atom. The summed E-state index contributed by atoms with van der Waals surface area (Å²) in [6.07, 6.45) is 2.60. The van der Waals surface area contributed by atoms with Gasteiger partial charge in [-0.25, -0.2) is 14.1 Å². The molecule has 166 valence electrons. The van der Waals surface area contributed by atoms with E-state index in [0.29, 0.717) is 36.8 Å². The van der Waals surface area contributed by atoms with Crippen LogP contribution in [-0.2, 0) is 4.74 Å². The zero-order chi connectivity index (χ0) is 22.5. The minimum atomic E-state index is -0.650. The third kappa shape index (κ3) is 3.14. The molecular formula is C21H16FN7O3S. The maximum Gasteiger partial charge on any atom is 0.277 e. The predicted octanol–water partition coefficient (Wildman–Crippen LogP) is 2.01. The molecule has 1 aliphatic rings. The normalized spacial score (nSPS) is 14.4. The second-order valence-corrected chi connectivity index (χ2v) is 8.52. The summed E-state index contributed by atoms with van der Waals surface area (Å²) < 4.78 is 24.4. The first-order chi connectivity index (χ1) is 16.1. The number of hydrogen-bond acceptors (Lipinski definition) is 8. The molecule has 12 heteroatoms. The van der Waals surface area contributed by atoms with Gasteiger partial charge >= 0.3 is 0 Å². The maximum absolute atomic E-state index is 15.2. The van der Waals surface area contributed by atoms with E-state index in [0.717, 1.165) is 10.2 Å². The second-order valence-electron chi connectivity index (χ2n) is 7.49. The number of rotatable bonds is 3. The van der Waals surface area contributed by atoms with Crippen LogP contribution < -0.4 is 15.8 Å². The second kappa shape index (κ2) is 7.60. The summed E-state index contributed by atoms with van der Waals surface area (Å²) >= 11 is 1.30. The molecule has 33 heavy (non-hydrogen) atoms. The summed E-state index contributed by atoms with van der Waals surface area (Å²) in [6.45, 7) is 1.94. The van der Waals surface area contributed by atoms with E-state index in [2.05, 4.69) is 20.6 Å². The van der Waals surface area contributed by atoms with Crippen molar-refractivity contribution >= 4 is 49.1 Å². The Hall–Kier alpha value is -3.90. The van der Waals surface area contributed by atoms with Gasteiger partial charge in [0.2, 0.25) is 5.43 Å². The molecule has 4 aromatic heterocycles. The van der Waals surface area contributed by atoms with E-state index in [4.69, 9.17) is 4.74 Å². The number of halogens is 1. The first-order valence-corrected chi connectivity index (χ1v) is 11.0. The van der Waals surface area contributed by atoms with Crippen LogP contribution in [0.25, 0.3) is 26.1 Å². The molecular weight excluding hydrogens is 449 g/mol. The molecule has 6 rings (SSSR count).